The lowest BCUT2D eigenvalue weighted by molar-refractivity contribution is -0.133. The number of alkyl carbamates (subject to hydrolysis) is 1. The number of carbonyl (C=O) groups excluding carboxylic acids is 2. The van der Waals surface area contributed by atoms with Crippen molar-refractivity contribution in [3.05, 3.63) is 47.5 Å². The highest BCUT2D eigenvalue weighted by Crippen LogP contribution is 2.26. The average molecular weight is 399 g/mol. The summed E-state index contributed by atoms with van der Waals surface area (Å²) in [5, 5.41) is 9.86. The highest BCUT2D eigenvalue weighted by Gasteiger charge is 2.26. The van der Waals surface area contributed by atoms with Gasteiger partial charge in [-0.3, -0.25) is 9.89 Å². The van der Waals surface area contributed by atoms with Gasteiger partial charge in [0.05, 0.1) is 6.54 Å². The smallest absolute Gasteiger partial charge is 0.407 e. The Bertz CT molecular complexity index is 798. The molecule has 2 N–H and O–H groups in total. The van der Waals surface area contributed by atoms with E-state index in [9.17, 15) is 9.59 Å². The summed E-state index contributed by atoms with van der Waals surface area (Å²) < 4.78 is 5.18. The molecule has 1 aromatic heterocycles. The lowest BCUT2D eigenvalue weighted by atomic mass is 9.95. The number of piperidine rings is 1. The zero-order chi connectivity index (χ0) is 20.6. The first kappa shape index (κ1) is 20.8. The lowest BCUT2D eigenvalue weighted by Gasteiger charge is -2.31. The van der Waals surface area contributed by atoms with Crippen LogP contribution in [0.15, 0.2) is 30.3 Å². The van der Waals surface area contributed by atoms with Crippen LogP contribution in [-0.2, 0) is 22.7 Å². The van der Waals surface area contributed by atoms with Crippen molar-refractivity contribution in [2.75, 3.05) is 13.1 Å². The van der Waals surface area contributed by atoms with Gasteiger partial charge >= 0.3 is 6.09 Å². The Morgan fingerprint density at radius 3 is 2.66 bits per heavy atom. The van der Waals surface area contributed by atoms with Gasteiger partial charge in [0, 0.05) is 25.4 Å². The Balaban J connectivity index is 1.40. The summed E-state index contributed by atoms with van der Waals surface area (Å²) in [4.78, 5) is 30.5. The summed E-state index contributed by atoms with van der Waals surface area (Å²) >= 11 is 0. The SMILES string of the molecule is CC(C)CC(=O)N1CCC(c2n[nH]c(CNC(=O)OCc3ccccc3)n2)CC1. The van der Waals surface area contributed by atoms with Crippen LogP contribution in [0.4, 0.5) is 4.79 Å². The molecule has 0 bridgehead atoms. The maximum Gasteiger partial charge on any atom is 0.407 e. The molecule has 2 aromatic rings. The molecule has 0 atom stereocenters. The van der Waals surface area contributed by atoms with Gasteiger partial charge in [0.1, 0.15) is 12.4 Å². The molecule has 1 aliphatic heterocycles. The number of aromatic amines is 1. The number of rotatable bonds is 7. The molecule has 1 aromatic carbocycles. The van der Waals surface area contributed by atoms with Crippen molar-refractivity contribution in [3.63, 3.8) is 0 Å². The quantitative estimate of drug-likeness (QED) is 0.745. The fraction of sp³-hybridized carbons (Fsp3) is 0.524. The minimum Gasteiger partial charge on any atom is -0.445 e. The second-order valence-corrected chi connectivity index (χ2v) is 7.81. The van der Waals surface area contributed by atoms with E-state index in [4.69, 9.17) is 4.74 Å². The van der Waals surface area contributed by atoms with E-state index < -0.39 is 6.09 Å². The summed E-state index contributed by atoms with van der Waals surface area (Å²) in [6.45, 7) is 6.06. The molecule has 1 fully saturated rings. The summed E-state index contributed by atoms with van der Waals surface area (Å²) in [7, 11) is 0. The van der Waals surface area contributed by atoms with Crippen molar-refractivity contribution < 1.29 is 14.3 Å². The first-order valence-corrected chi connectivity index (χ1v) is 10.1. The zero-order valence-corrected chi connectivity index (χ0v) is 17.1. The molecule has 0 aliphatic carbocycles. The van der Waals surface area contributed by atoms with Crippen molar-refractivity contribution in [2.45, 2.75) is 52.2 Å². The van der Waals surface area contributed by atoms with Crippen molar-refractivity contribution in [2.24, 2.45) is 5.92 Å². The molecule has 156 valence electrons. The minimum atomic E-state index is -0.497. The zero-order valence-electron chi connectivity index (χ0n) is 17.1. The molecule has 29 heavy (non-hydrogen) atoms. The predicted octanol–water partition coefficient (Wildman–Crippen LogP) is 2.98. The molecule has 3 rings (SSSR count). The monoisotopic (exact) mass is 399 g/mol. The van der Waals surface area contributed by atoms with E-state index in [1.807, 2.05) is 35.2 Å². The van der Waals surface area contributed by atoms with Gasteiger partial charge in [-0.1, -0.05) is 44.2 Å². The van der Waals surface area contributed by atoms with Crippen LogP contribution >= 0.6 is 0 Å². The largest absolute Gasteiger partial charge is 0.445 e. The Hall–Kier alpha value is -2.90. The van der Waals surface area contributed by atoms with Crippen LogP contribution in [0.25, 0.3) is 0 Å². The molecule has 8 heteroatoms. The maximum absolute atomic E-state index is 12.2. The first-order valence-electron chi connectivity index (χ1n) is 10.1. The molecule has 0 unspecified atom stereocenters. The second kappa shape index (κ2) is 10.0. The van der Waals surface area contributed by atoms with Gasteiger partial charge in [-0.15, -0.1) is 0 Å². The third kappa shape index (κ3) is 6.30. The van der Waals surface area contributed by atoms with E-state index in [1.165, 1.54) is 0 Å². The standard InChI is InChI=1S/C21H29N5O3/c1-15(2)12-19(27)26-10-8-17(9-11-26)20-23-18(24-25-20)13-22-21(28)29-14-16-6-4-3-5-7-16/h3-7,15,17H,8-14H2,1-2H3,(H,22,28)(H,23,24,25). The number of H-pyrrole nitrogens is 1. The van der Waals surface area contributed by atoms with E-state index in [-0.39, 0.29) is 25.0 Å². The number of nitrogens with one attached hydrogen (secondary N) is 2. The third-order valence-electron chi connectivity index (χ3n) is 4.96. The Labute approximate surface area is 171 Å². The van der Waals surface area contributed by atoms with Crippen LogP contribution in [0.5, 0.6) is 0 Å². The van der Waals surface area contributed by atoms with E-state index >= 15 is 0 Å². The molecule has 8 nitrogen and oxygen atoms in total. The van der Waals surface area contributed by atoms with Gasteiger partial charge in [0.25, 0.3) is 0 Å². The van der Waals surface area contributed by atoms with Crippen LogP contribution in [0, 0.1) is 5.92 Å². The van der Waals surface area contributed by atoms with Gasteiger partial charge in [0.15, 0.2) is 5.82 Å². The van der Waals surface area contributed by atoms with Crippen molar-refractivity contribution in [1.29, 1.82) is 0 Å². The maximum atomic E-state index is 12.2. The van der Waals surface area contributed by atoms with E-state index in [0.29, 0.717) is 18.2 Å². The van der Waals surface area contributed by atoms with Gasteiger partial charge in [-0.05, 0) is 24.3 Å². The highest BCUT2D eigenvalue weighted by atomic mass is 16.5. The fourth-order valence-corrected chi connectivity index (χ4v) is 3.37. The molecule has 0 radical (unpaired) electrons. The molecule has 0 saturated carbocycles. The van der Waals surface area contributed by atoms with Crippen molar-refractivity contribution in [3.8, 4) is 0 Å². The Kier molecular flexibility index (Phi) is 7.21. The van der Waals surface area contributed by atoms with Crippen molar-refractivity contribution in [1.82, 2.24) is 25.4 Å². The van der Waals surface area contributed by atoms with E-state index in [0.717, 1.165) is 37.3 Å². The number of carbonyl (C=O) groups is 2. The van der Waals surface area contributed by atoms with Gasteiger partial charge in [0.2, 0.25) is 5.91 Å². The van der Waals surface area contributed by atoms with Gasteiger partial charge in [-0.2, -0.15) is 5.10 Å². The number of aromatic nitrogens is 3. The summed E-state index contributed by atoms with van der Waals surface area (Å²) in [6.07, 6.45) is 1.81. The Morgan fingerprint density at radius 1 is 1.24 bits per heavy atom. The van der Waals surface area contributed by atoms with Gasteiger partial charge in [-0.25, -0.2) is 9.78 Å². The molecule has 2 heterocycles. The summed E-state index contributed by atoms with van der Waals surface area (Å²) in [5.74, 6) is 2.17. The number of hydrogen-bond donors (Lipinski definition) is 2. The number of benzene rings is 1. The molecular weight excluding hydrogens is 370 g/mol. The molecule has 1 aliphatic rings. The number of amides is 2. The third-order valence-corrected chi connectivity index (χ3v) is 4.96. The summed E-state index contributed by atoms with van der Waals surface area (Å²) in [6, 6.07) is 9.52. The van der Waals surface area contributed by atoms with Crippen LogP contribution in [0.1, 0.15) is 56.2 Å². The minimum absolute atomic E-state index is 0.225. The number of ether oxygens (including phenoxy) is 1. The lowest BCUT2D eigenvalue weighted by Crippen LogP contribution is -2.38. The second-order valence-electron chi connectivity index (χ2n) is 7.81. The van der Waals surface area contributed by atoms with E-state index in [1.54, 1.807) is 0 Å². The normalized spacial score (nSPS) is 14.8. The Morgan fingerprint density at radius 2 is 1.97 bits per heavy atom. The van der Waals surface area contributed by atoms with Crippen LogP contribution in [-0.4, -0.2) is 45.2 Å². The number of hydrogen-bond acceptors (Lipinski definition) is 5. The molecular formula is C21H29N5O3. The molecule has 0 spiro atoms. The average Bonchev–Trinajstić information content (AvgIpc) is 3.20. The fourth-order valence-electron chi connectivity index (χ4n) is 3.37. The molecule has 2 amide bonds. The summed E-state index contributed by atoms with van der Waals surface area (Å²) in [5.41, 5.74) is 0.933. The number of nitrogens with zero attached hydrogens (tertiary/aromatic N) is 3. The molecule has 1 saturated heterocycles. The van der Waals surface area contributed by atoms with Crippen LogP contribution < -0.4 is 5.32 Å². The predicted molar refractivity (Wildman–Crippen MR) is 108 cm³/mol. The topological polar surface area (TPSA) is 100 Å². The van der Waals surface area contributed by atoms with Gasteiger partial charge < -0.3 is 15.0 Å². The van der Waals surface area contributed by atoms with Crippen molar-refractivity contribution >= 4 is 12.0 Å². The van der Waals surface area contributed by atoms with Crippen LogP contribution in [0.2, 0.25) is 0 Å². The highest BCUT2D eigenvalue weighted by molar-refractivity contribution is 5.76. The first-order chi connectivity index (χ1) is 14.0. The number of likely N-dealkylation sites (tertiary alicyclic amines) is 1. The van der Waals surface area contributed by atoms with Crippen LogP contribution in [0.3, 0.4) is 0 Å². The van der Waals surface area contributed by atoms with E-state index in [2.05, 4.69) is 34.3 Å².